The van der Waals surface area contributed by atoms with Crippen molar-refractivity contribution in [2.75, 3.05) is 13.2 Å². The number of nitrogens with one attached hydrogen (secondary N) is 1. The fourth-order valence-corrected chi connectivity index (χ4v) is 1.26. The SMILES string of the molecule is CCCCCCCNC(CO)C(N)=O.O=P([O-])([O-])[O-]. The summed E-state index contributed by atoms with van der Waals surface area (Å²) in [4.78, 5) is 36.3. The summed E-state index contributed by atoms with van der Waals surface area (Å²) in [6.45, 7) is 2.70. The van der Waals surface area contributed by atoms with E-state index in [4.69, 9.17) is 30.1 Å². The van der Waals surface area contributed by atoms with Crippen LogP contribution < -0.4 is 25.7 Å². The summed E-state index contributed by atoms with van der Waals surface area (Å²) in [6, 6.07) is -0.582. The van der Waals surface area contributed by atoms with Crippen LogP contribution in [0.15, 0.2) is 0 Å². The third-order valence-corrected chi connectivity index (χ3v) is 2.20. The van der Waals surface area contributed by atoms with Gasteiger partial charge in [0, 0.05) is 0 Å². The molecule has 0 aromatic rings. The normalized spacial score (nSPS) is 12.5. The predicted octanol–water partition coefficient (Wildman–Crippen LogP) is -2.43. The maximum absolute atomic E-state index is 10.7. The maximum atomic E-state index is 10.7. The summed E-state index contributed by atoms with van der Waals surface area (Å²) >= 11 is 0. The zero-order valence-corrected chi connectivity index (χ0v) is 11.9. The van der Waals surface area contributed by atoms with Crippen LogP contribution in [0.25, 0.3) is 0 Å². The number of hydrogen-bond acceptors (Lipinski definition) is 7. The van der Waals surface area contributed by atoms with Gasteiger partial charge < -0.3 is 35.4 Å². The predicted molar refractivity (Wildman–Crippen MR) is 64.4 cm³/mol. The highest BCUT2D eigenvalue weighted by atomic mass is 31.2. The number of hydrogen-bond donors (Lipinski definition) is 3. The summed E-state index contributed by atoms with van der Waals surface area (Å²) in [6.07, 6.45) is 5.92. The van der Waals surface area contributed by atoms with Crippen LogP contribution in [0.3, 0.4) is 0 Å². The highest BCUT2D eigenvalue weighted by Gasteiger charge is 2.11. The van der Waals surface area contributed by atoms with E-state index >= 15 is 0 Å². The highest BCUT2D eigenvalue weighted by Crippen LogP contribution is 2.03. The van der Waals surface area contributed by atoms with Gasteiger partial charge in [0.15, 0.2) is 0 Å². The first kappa shape index (κ1) is 20.8. The molecule has 0 aliphatic carbocycles. The van der Waals surface area contributed by atoms with E-state index in [1.165, 1.54) is 19.3 Å². The third-order valence-electron chi connectivity index (χ3n) is 2.20. The van der Waals surface area contributed by atoms with Crippen molar-refractivity contribution >= 4 is 13.7 Å². The number of unbranched alkanes of at least 4 members (excludes halogenated alkanes) is 4. The molecule has 0 bridgehead atoms. The van der Waals surface area contributed by atoms with Crippen molar-refractivity contribution in [1.29, 1.82) is 0 Å². The van der Waals surface area contributed by atoms with Crippen molar-refractivity contribution in [2.45, 2.75) is 45.1 Å². The van der Waals surface area contributed by atoms with Crippen molar-refractivity contribution in [3.8, 4) is 0 Å². The molecule has 0 aromatic carbocycles. The lowest BCUT2D eigenvalue weighted by molar-refractivity contribution is -0.432. The molecule has 19 heavy (non-hydrogen) atoms. The minimum absolute atomic E-state index is 0.218. The summed E-state index contributed by atoms with van der Waals surface area (Å²) < 4.78 is 8.55. The van der Waals surface area contributed by atoms with Gasteiger partial charge in [-0.1, -0.05) is 32.6 Å². The molecule has 0 rings (SSSR count). The number of amides is 1. The molecule has 0 aliphatic heterocycles. The Morgan fingerprint density at radius 1 is 1.26 bits per heavy atom. The van der Waals surface area contributed by atoms with Crippen LogP contribution >= 0.6 is 7.82 Å². The van der Waals surface area contributed by atoms with E-state index < -0.39 is 19.8 Å². The molecule has 0 heterocycles. The summed E-state index contributed by atoms with van der Waals surface area (Å²) in [5.74, 6) is -0.485. The number of carbonyl (C=O) groups is 1. The molecule has 0 aliphatic rings. The number of aliphatic hydroxyl groups excluding tert-OH is 1. The quantitative estimate of drug-likeness (QED) is 0.314. The lowest BCUT2D eigenvalue weighted by Crippen LogP contribution is -2.44. The molecule has 4 N–H and O–H groups in total. The van der Waals surface area contributed by atoms with Crippen molar-refractivity contribution < 1.29 is 29.1 Å². The lowest BCUT2D eigenvalue weighted by Gasteiger charge is -2.36. The van der Waals surface area contributed by atoms with Crippen molar-refractivity contribution in [3.63, 3.8) is 0 Å². The molecule has 0 spiro atoms. The van der Waals surface area contributed by atoms with E-state index in [0.717, 1.165) is 19.4 Å². The summed E-state index contributed by atoms with van der Waals surface area (Å²) in [7, 11) is -5.39. The molecular formula is C10H22N2O6P-3. The van der Waals surface area contributed by atoms with Crippen LogP contribution in [0.1, 0.15) is 39.0 Å². The zero-order chi connectivity index (χ0) is 15.3. The molecule has 9 heteroatoms. The first-order valence-electron chi connectivity index (χ1n) is 6.09. The zero-order valence-electron chi connectivity index (χ0n) is 11.0. The van der Waals surface area contributed by atoms with E-state index in [9.17, 15) is 4.79 Å². The Balaban J connectivity index is 0. The second-order valence-corrected chi connectivity index (χ2v) is 4.85. The van der Waals surface area contributed by atoms with E-state index in [1.54, 1.807) is 0 Å². The Bertz CT molecular complexity index is 262. The van der Waals surface area contributed by atoms with Gasteiger partial charge in [-0.3, -0.25) is 4.79 Å². The molecule has 116 valence electrons. The average Bonchev–Trinajstić information content (AvgIpc) is 2.25. The first-order valence-corrected chi connectivity index (χ1v) is 7.55. The van der Waals surface area contributed by atoms with Gasteiger partial charge in [-0.25, -0.2) is 0 Å². The summed E-state index contributed by atoms with van der Waals surface area (Å²) in [5.41, 5.74) is 5.05. The fraction of sp³-hybridized carbons (Fsp3) is 0.900. The van der Waals surface area contributed by atoms with Crippen LogP contribution in [-0.2, 0) is 9.36 Å². The smallest absolute Gasteiger partial charge is 0.236 e. The third kappa shape index (κ3) is 23.1. The van der Waals surface area contributed by atoms with Gasteiger partial charge in [-0.2, -0.15) is 7.82 Å². The summed E-state index contributed by atoms with van der Waals surface area (Å²) in [5, 5.41) is 11.7. The Morgan fingerprint density at radius 3 is 2.11 bits per heavy atom. The Hall–Kier alpha value is -0.500. The molecule has 1 atom stereocenters. The molecule has 0 fully saturated rings. The van der Waals surface area contributed by atoms with Crippen molar-refractivity contribution in [2.24, 2.45) is 5.73 Å². The Morgan fingerprint density at radius 2 is 1.74 bits per heavy atom. The lowest BCUT2D eigenvalue weighted by atomic mass is 10.1. The van der Waals surface area contributed by atoms with Gasteiger partial charge in [0.05, 0.1) is 6.61 Å². The van der Waals surface area contributed by atoms with Gasteiger partial charge in [-0.05, 0) is 13.0 Å². The molecule has 1 amide bonds. The van der Waals surface area contributed by atoms with E-state index in [1.807, 2.05) is 0 Å². The topological polar surface area (TPSA) is 162 Å². The van der Waals surface area contributed by atoms with Gasteiger partial charge >= 0.3 is 0 Å². The minimum atomic E-state index is -5.39. The van der Waals surface area contributed by atoms with Gasteiger partial charge in [0.25, 0.3) is 0 Å². The standard InChI is InChI=1S/C10H22N2O2.H3O4P/c1-2-3-4-5-6-7-12-9(8-13)10(11)14;1-5(2,3)4/h9,12-13H,2-8H2,1H3,(H2,11,14);(H3,1,2,3,4)/p-3. The second-order valence-electron chi connectivity index (χ2n) is 3.95. The van der Waals surface area contributed by atoms with Crippen molar-refractivity contribution in [1.82, 2.24) is 5.32 Å². The van der Waals surface area contributed by atoms with Crippen LogP contribution in [-0.4, -0.2) is 30.2 Å². The van der Waals surface area contributed by atoms with Crippen molar-refractivity contribution in [3.05, 3.63) is 0 Å². The maximum Gasteiger partial charge on any atom is 0.236 e. The highest BCUT2D eigenvalue weighted by molar-refractivity contribution is 7.40. The van der Waals surface area contributed by atoms with Gasteiger partial charge in [0.2, 0.25) is 5.91 Å². The van der Waals surface area contributed by atoms with Crippen LogP contribution in [0.4, 0.5) is 0 Å². The minimum Gasteiger partial charge on any atom is -0.822 e. The number of carbonyl (C=O) groups excluding carboxylic acids is 1. The Kier molecular flexibility index (Phi) is 13.7. The van der Waals surface area contributed by atoms with Crippen LogP contribution in [0.2, 0.25) is 0 Å². The first-order chi connectivity index (χ1) is 8.72. The number of primary amides is 1. The van der Waals surface area contributed by atoms with Crippen LogP contribution in [0, 0.1) is 0 Å². The fourth-order valence-electron chi connectivity index (χ4n) is 1.26. The molecule has 0 radical (unpaired) electrons. The molecule has 0 saturated heterocycles. The molecule has 1 unspecified atom stereocenters. The Labute approximate surface area is 113 Å². The van der Waals surface area contributed by atoms with Crippen LogP contribution in [0.5, 0.6) is 0 Å². The van der Waals surface area contributed by atoms with E-state index in [0.29, 0.717) is 0 Å². The molecule has 0 aromatic heterocycles. The monoisotopic (exact) mass is 297 g/mol. The van der Waals surface area contributed by atoms with Gasteiger partial charge in [0.1, 0.15) is 6.04 Å². The molecule has 0 saturated carbocycles. The number of rotatable bonds is 9. The van der Waals surface area contributed by atoms with E-state index in [-0.39, 0.29) is 6.61 Å². The van der Waals surface area contributed by atoms with Gasteiger partial charge in [-0.15, -0.1) is 0 Å². The average molecular weight is 297 g/mol. The van der Waals surface area contributed by atoms with E-state index in [2.05, 4.69) is 12.2 Å². The number of phosphoric acid groups is 1. The number of aliphatic hydroxyl groups is 1. The number of nitrogens with two attached hydrogens (primary N) is 1. The second kappa shape index (κ2) is 12.5. The largest absolute Gasteiger partial charge is 0.822 e. The molecule has 8 nitrogen and oxygen atoms in total. The molecular weight excluding hydrogens is 275 g/mol.